The molecule has 4 nitrogen and oxygen atoms in total. The van der Waals surface area contributed by atoms with Crippen LogP contribution < -0.4 is 4.74 Å². The monoisotopic (exact) mass is 350 g/mol. The average molecular weight is 350 g/mol. The largest absolute Gasteiger partial charge is 0.438 e. The molecule has 122 valence electrons. The van der Waals surface area contributed by atoms with Crippen LogP contribution in [0.25, 0.3) is 21.3 Å². The fourth-order valence-electron chi connectivity index (χ4n) is 2.53. The van der Waals surface area contributed by atoms with E-state index in [9.17, 15) is 9.18 Å². The number of hydrogen-bond donors (Lipinski definition) is 0. The number of thiophene rings is 1. The number of rotatable bonds is 4. The second-order valence-electron chi connectivity index (χ2n) is 5.31. The van der Waals surface area contributed by atoms with Crippen molar-refractivity contribution in [1.29, 1.82) is 0 Å². The van der Waals surface area contributed by atoms with Gasteiger partial charge in [0, 0.05) is 16.5 Å². The van der Waals surface area contributed by atoms with Gasteiger partial charge in [0.25, 0.3) is 0 Å². The van der Waals surface area contributed by atoms with E-state index >= 15 is 0 Å². The number of hydrogen-bond acceptors (Lipinski definition) is 5. The molecule has 0 N–H and O–H groups in total. The van der Waals surface area contributed by atoms with Crippen LogP contribution in [0.15, 0.2) is 60.2 Å². The van der Waals surface area contributed by atoms with E-state index in [0.717, 1.165) is 27.6 Å². The zero-order valence-corrected chi connectivity index (χ0v) is 13.7. The number of aldehydes is 1. The molecule has 2 heterocycles. The summed E-state index contributed by atoms with van der Waals surface area (Å²) in [6.45, 7) is 0. The third-order valence-electron chi connectivity index (χ3n) is 3.70. The summed E-state index contributed by atoms with van der Waals surface area (Å²) >= 11 is 1.46. The maximum absolute atomic E-state index is 13.2. The van der Waals surface area contributed by atoms with Crippen LogP contribution in [0.5, 0.6) is 11.6 Å². The van der Waals surface area contributed by atoms with Crippen LogP contribution in [0, 0.1) is 5.82 Å². The minimum Gasteiger partial charge on any atom is -0.438 e. The Hall–Kier alpha value is -3.12. The Morgan fingerprint density at radius 3 is 2.72 bits per heavy atom. The van der Waals surface area contributed by atoms with Gasteiger partial charge in [-0.1, -0.05) is 24.3 Å². The summed E-state index contributed by atoms with van der Waals surface area (Å²) in [5.41, 5.74) is 2.25. The Morgan fingerprint density at radius 1 is 1.08 bits per heavy atom. The zero-order chi connectivity index (χ0) is 17.2. The first kappa shape index (κ1) is 15.4. The van der Waals surface area contributed by atoms with Crippen molar-refractivity contribution < 1.29 is 13.9 Å². The predicted molar refractivity (Wildman–Crippen MR) is 94.7 cm³/mol. The van der Waals surface area contributed by atoms with E-state index < -0.39 is 0 Å². The van der Waals surface area contributed by atoms with E-state index in [1.54, 1.807) is 36.4 Å². The molecule has 0 fully saturated rings. The van der Waals surface area contributed by atoms with Gasteiger partial charge in [0.1, 0.15) is 29.0 Å². The molecule has 0 atom stereocenters. The van der Waals surface area contributed by atoms with E-state index in [-0.39, 0.29) is 5.82 Å². The number of carbonyl (C=O) groups is 1. The smallest absolute Gasteiger partial charge is 0.231 e. The summed E-state index contributed by atoms with van der Waals surface area (Å²) in [6.07, 6.45) is 2.20. The Labute approximate surface area is 146 Å². The summed E-state index contributed by atoms with van der Waals surface area (Å²) < 4.78 is 19.1. The van der Waals surface area contributed by atoms with E-state index in [1.165, 1.54) is 29.8 Å². The summed E-state index contributed by atoms with van der Waals surface area (Å²) in [6, 6.07) is 13.1. The minimum atomic E-state index is -0.290. The summed E-state index contributed by atoms with van der Waals surface area (Å²) in [7, 11) is 0. The highest BCUT2D eigenvalue weighted by Crippen LogP contribution is 2.38. The fraction of sp³-hybridized carbons (Fsp3) is 0. The molecule has 2 aromatic heterocycles. The van der Waals surface area contributed by atoms with Gasteiger partial charge in [-0.25, -0.2) is 14.4 Å². The van der Waals surface area contributed by atoms with Crippen molar-refractivity contribution in [2.24, 2.45) is 0 Å². The highest BCUT2D eigenvalue weighted by molar-refractivity contribution is 7.17. The van der Waals surface area contributed by atoms with Crippen molar-refractivity contribution in [2.75, 3.05) is 0 Å². The van der Waals surface area contributed by atoms with Gasteiger partial charge < -0.3 is 4.74 Å². The van der Waals surface area contributed by atoms with Crippen LogP contribution in [0.2, 0.25) is 0 Å². The first-order valence-electron chi connectivity index (χ1n) is 7.46. The number of nitrogens with zero attached hydrogens (tertiary/aromatic N) is 2. The van der Waals surface area contributed by atoms with Gasteiger partial charge in [-0.15, -0.1) is 11.3 Å². The molecule has 0 bridgehead atoms. The quantitative estimate of drug-likeness (QED) is 0.480. The predicted octanol–water partition coefficient (Wildman–Crippen LogP) is 5.10. The molecule has 0 aliphatic rings. The molecule has 4 aromatic rings. The molecule has 0 saturated heterocycles. The van der Waals surface area contributed by atoms with Gasteiger partial charge in [-0.2, -0.15) is 0 Å². The lowest BCUT2D eigenvalue weighted by atomic mass is 10.1. The number of ether oxygens (including phenoxy) is 1. The Bertz CT molecular complexity index is 1060. The zero-order valence-electron chi connectivity index (χ0n) is 12.8. The number of carbonyl (C=O) groups excluding carboxylic acids is 1. The van der Waals surface area contributed by atoms with Crippen LogP contribution >= 0.6 is 11.3 Å². The van der Waals surface area contributed by atoms with Crippen LogP contribution in [0.4, 0.5) is 4.39 Å². The van der Waals surface area contributed by atoms with E-state index in [2.05, 4.69) is 9.97 Å². The van der Waals surface area contributed by atoms with Gasteiger partial charge in [0.05, 0.1) is 5.39 Å². The van der Waals surface area contributed by atoms with Gasteiger partial charge >= 0.3 is 0 Å². The third-order valence-corrected chi connectivity index (χ3v) is 4.59. The standard InChI is InChI=1S/C19H11FN2O2S/c20-14-6-4-13(5-7-14)16-10-25-19-17(16)18(21-11-22-19)24-15-3-1-2-12(8-15)9-23/h1-11H. The van der Waals surface area contributed by atoms with Gasteiger partial charge in [-0.3, -0.25) is 4.79 Å². The van der Waals surface area contributed by atoms with Crippen molar-refractivity contribution in [3.05, 3.63) is 71.6 Å². The maximum Gasteiger partial charge on any atom is 0.231 e. The Balaban J connectivity index is 1.82. The second-order valence-corrected chi connectivity index (χ2v) is 6.17. The Kier molecular flexibility index (Phi) is 3.95. The topological polar surface area (TPSA) is 52.1 Å². The molecular formula is C19H11FN2O2S. The van der Waals surface area contributed by atoms with Crippen LogP contribution in [0.3, 0.4) is 0 Å². The van der Waals surface area contributed by atoms with E-state index in [4.69, 9.17) is 4.74 Å². The van der Waals surface area contributed by atoms with Crippen LogP contribution in [-0.4, -0.2) is 16.3 Å². The first-order chi connectivity index (χ1) is 12.2. The number of aromatic nitrogens is 2. The molecule has 6 heteroatoms. The fourth-order valence-corrected chi connectivity index (χ4v) is 3.44. The van der Waals surface area contributed by atoms with E-state index in [0.29, 0.717) is 17.2 Å². The highest BCUT2D eigenvalue weighted by Gasteiger charge is 2.15. The molecule has 25 heavy (non-hydrogen) atoms. The molecule has 0 amide bonds. The lowest BCUT2D eigenvalue weighted by Crippen LogP contribution is -1.91. The van der Waals surface area contributed by atoms with Gasteiger partial charge in [-0.05, 0) is 29.8 Å². The van der Waals surface area contributed by atoms with Crippen molar-refractivity contribution in [1.82, 2.24) is 9.97 Å². The van der Waals surface area contributed by atoms with Gasteiger partial charge in [0.15, 0.2) is 0 Å². The van der Waals surface area contributed by atoms with Crippen LogP contribution in [-0.2, 0) is 0 Å². The minimum absolute atomic E-state index is 0.290. The number of fused-ring (bicyclic) bond motifs is 1. The average Bonchev–Trinajstić information content (AvgIpc) is 3.08. The van der Waals surface area contributed by atoms with Crippen molar-refractivity contribution in [3.8, 4) is 22.8 Å². The molecule has 0 aliphatic heterocycles. The normalized spacial score (nSPS) is 10.8. The molecular weight excluding hydrogens is 339 g/mol. The van der Waals surface area contributed by atoms with E-state index in [1.807, 2.05) is 5.38 Å². The lowest BCUT2D eigenvalue weighted by molar-refractivity contribution is 0.112. The highest BCUT2D eigenvalue weighted by atomic mass is 32.1. The maximum atomic E-state index is 13.2. The van der Waals surface area contributed by atoms with Crippen LogP contribution in [0.1, 0.15) is 10.4 Å². The summed E-state index contributed by atoms with van der Waals surface area (Å²) in [5.74, 6) is 0.621. The molecule has 0 aliphatic carbocycles. The molecule has 0 radical (unpaired) electrons. The number of halogens is 1. The summed E-state index contributed by atoms with van der Waals surface area (Å²) in [4.78, 5) is 20.2. The Morgan fingerprint density at radius 2 is 1.92 bits per heavy atom. The van der Waals surface area contributed by atoms with Crippen molar-refractivity contribution >= 4 is 27.8 Å². The van der Waals surface area contributed by atoms with Crippen molar-refractivity contribution in [2.45, 2.75) is 0 Å². The first-order valence-corrected chi connectivity index (χ1v) is 8.34. The summed E-state index contributed by atoms with van der Waals surface area (Å²) in [5, 5.41) is 2.71. The molecule has 0 unspecified atom stereocenters. The SMILES string of the molecule is O=Cc1cccc(Oc2ncnc3scc(-c4ccc(F)cc4)c23)c1. The number of benzene rings is 2. The van der Waals surface area contributed by atoms with Gasteiger partial charge in [0.2, 0.25) is 5.88 Å². The molecule has 4 rings (SSSR count). The third kappa shape index (κ3) is 2.99. The molecule has 0 saturated carbocycles. The molecule has 2 aromatic carbocycles. The van der Waals surface area contributed by atoms with Crippen molar-refractivity contribution in [3.63, 3.8) is 0 Å². The molecule has 0 spiro atoms. The lowest BCUT2D eigenvalue weighted by Gasteiger charge is -2.08. The second kappa shape index (κ2) is 6.41.